The van der Waals surface area contributed by atoms with Crippen LogP contribution in [0, 0.1) is 5.92 Å². The fourth-order valence-electron chi connectivity index (χ4n) is 4.79. The molecule has 1 saturated carbocycles. The summed E-state index contributed by atoms with van der Waals surface area (Å²) < 4.78 is 12.1. The Balaban J connectivity index is 1.71. The molecule has 1 spiro atoms. The molecule has 3 aliphatic rings. The SMILES string of the molecule is C[C@]12CCC[C@H]1[C@@]1(COC(N)=N1)c1cc(-c3cncnc3)ccc1O2. The summed E-state index contributed by atoms with van der Waals surface area (Å²) in [7, 11) is 0. The first-order chi connectivity index (χ1) is 12.1. The third-order valence-corrected chi connectivity index (χ3v) is 5.91. The Morgan fingerprint density at radius 3 is 2.80 bits per heavy atom. The van der Waals surface area contributed by atoms with Gasteiger partial charge in [-0.2, -0.15) is 0 Å². The van der Waals surface area contributed by atoms with Crippen molar-refractivity contribution in [1.82, 2.24) is 9.97 Å². The minimum absolute atomic E-state index is 0.220. The van der Waals surface area contributed by atoms with E-state index in [1.54, 1.807) is 0 Å². The van der Waals surface area contributed by atoms with E-state index in [-0.39, 0.29) is 17.5 Å². The Morgan fingerprint density at radius 2 is 2.04 bits per heavy atom. The maximum Gasteiger partial charge on any atom is 0.283 e. The summed E-state index contributed by atoms with van der Waals surface area (Å²) in [6.07, 6.45) is 8.39. The topological polar surface area (TPSA) is 82.6 Å². The van der Waals surface area contributed by atoms with Crippen molar-refractivity contribution in [2.24, 2.45) is 16.6 Å². The molecule has 1 aromatic carbocycles. The second-order valence-electron chi connectivity index (χ2n) is 7.36. The lowest BCUT2D eigenvalue weighted by atomic mass is 9.69. The van der Waals surface area contributed by atoms with Crippen molar-refractivity contribution in [2.75, 3.05) is 6.61 Å². The van der Waals surface area contributed by atoms with E-state index in [4.69, 9.17) is 20.2 Å². The molecule has 3 atom stereocenters. The van der Waals surface area contributed by atoms with Crippen LogP contribution in [-0.2, 0) is 10.3 Å². The van der Waals surface area contributed by atoms with Crippen LogP contribution in [-0.4, -0.2) is 28.2 Å². The molecule has 5 rings (SSSR count). The van der Waals surface area contributed by atoms with Gasteiger partial charge in [0.05, 0.1) is 0 Å². The molecule has 128 valence electrons. The molecule has 0 saturated heterocycles. The number of ether oxygens (including phenoxy) is 2. The highest BCUT2D eigenvalue weighted by Gasteiger charge is 2.60. The molecule has 6 heteroatoms. The monoisotopic (exact) mass is 336 g/mol. The largest absolute Gasteiger partial charge is 0.487 e. The zero-order valence-corrected chi connectivity index (χ0v) is 14.1. The highest BCUT2D eigenvalue weighted by molar-refractivity contribution is 5.75. The van der Waals surface area contributed by atoms with Crippen LogP contribution in [0.15, 0.2) is 41.9 Å². The van der Waals surface area contributed by atoms with E-state index < -0.39 is 5.54 Å². The van der Waals surface area contributed by atoms with Crippen LogP contribution in [0.3, 0.4) is 0 Å². The van der Waals surface area contributed by atoms with Crippen molar-refractivity contribution in [3.8, 4) is 16.9 Å². The average Bonchev–Trinajstić information content (AvgIpc) is 3.20. The number of amidine groups is 1. The fraction of sp³-hybridized carbons (Fsp3) is 0.421. The van der Waals surface area contributed by atoms with Gasteiger partial charge in [0.15, 0.2) is 0 Å². The maximum absolute atomic E-state index is 6.46. The van der Waals surface area contributed by atoms with Gasteiger partial charge in [0, 0.05) is 29.4 Å². The zero-order valence-electron chi connectivity index (χ0n) is 14.1. The molecule has 25 heavy (non-hydrogen) atoms. The summed E-state index contributed by atoms with van der Waals surface area (Å²) in [5, 5.41) is 0. The number of benzene rings is 1. The number of aromatic nitrogens is 2. The van der Waals surface area contributed by atoms with E-state index >= 15 is 0 Å². The number of hydrogen-bond donors (Lipinski definition) is 1. The van der Waals surface area contributed by atoms with Gasteiger partial charge in [0.1, 0.15) is 29.8 Å². The summed E-state index contributed by atoms with van der Waals surface area (Å²) in [6.45, 7) is 2.67. The minimum Gasteiger partial charge on any atom is -0.487 e. The average molecular weight is 336 g/mol. The Bertz CT molecular complexity index is 869. The third kappa shape index (κ3) is 2.00. The van der Waals surface area contributed by atoms with Crippen LogP contribution in [0.2, 0.25) is 0 Å². The molecular weight excluding hydrogens is 316 g/mol. The Kier molecular flexibility index (Phi) is 2.90. The first kappa shape index (κ1) is 14.7. The molecule has 0 amide bonds. The molecule has 3 heterocycles. The fourth-order valence-corrected chi connectivity index (χ4v) is 4.79. The molecule has 6 nitrogen and oxygen atoms in total. The van der Waals surface area contributed by atoms with Gasteiger partial charge in [-0.25, -0.2) is 15.0 Å². The molecule has 0 unspecified atom stereocenters. The summed E-state index contributed by atoms with van der Waals surface area (Å²) in [4.78, 5) is 13.1. The summed E-state index contributed by atoms with van der Waals surface area (Å²) in [5.41, 5.74) is 8.32. The summed E-state index contributed by atoms with van der Waals surface area (Å²) >= 11 is 0. The van der Waals surface area contributed by atoms with Crippen LogP contribution >= 0.6 is 0 Å². The van der Waals surface area contributed by atoms with Crippen molar-refractivity contribution in [3.05, 3.63) is 42.5 Å². The van der Waals surface area contributed by atoms with Crippen molar-refractivity contribution < 1.29 is 9.47 Å². The van der Waals surface area contributed by atoms with E-state index in [1.165, 1.54) is 6.33 Å². The van der Waals surface area contributed by atoms with Gasteiger partial charge < -0.3 is 15.2 Å². The van der Waals surface area contributed by atoms with E-state index in [1.807, 2.05) is 24.5 Å². The highest BCUT2D eigenvalue weighted by atomic mass is 16.5. The third-order valence-electron chi connectivity index (χ3n) is 5.91. The molecule has 2 N–H and O–H groups in total. The quantitative estimate of drug-likeness (QED) is 0.865. The van der Waals surface area contributed by atoms with E-state index in [2.05, 4.69) is 23.0 Å². The van der Waals surface area contributed by atoms with Crippen LogP contribution in [0.5, 0.6) is 5.75 Å². The molecule has 1 aromatic heterocycles. The van der Waals surface area contributed by atoms with Gasteiger partial charge in [-0.3, -0.25) is 0 Å². The number of nitrogens with two attached hydrogens (primary N) is 1. The Labute approximate surface area is 146 Å². The Morgan fingerprint density at radius 1 is 1.20 bits per heavy atom. The molecule has 0 bridgehead atoms. The number of fused-ring (bicyclic) bond motifs is 4. The van der Waals surface area contributed by atoms with Crippen LogP contribution in [0.1, 0.15) is 31.7 Å². The van der Waals surface area contributed by atoms with E-state index in [0.717, 1.165) is 41.7 Å². The lowest BCUT2D eigenvalue weighted by molar-refractivity contribution is -0.0210. The predicted octanol–water partition coefficient (Wildman–Crippen LogP) is 2.64. The molecule has 0 radical (unpaired) electrons. The maximum atomic E-state index is 6.46. The number of nitrogens with zero attached hydrogens (tertiary/aromatic N) is 3. The number of hydrogen-bond acceptors (Lipinski definition) is 6. The Hall–Kier alpha value is -2.63. The van der Waals surface area contributed by atoms with Crippen molar-refractivity contribution in [2.45, 2.75) is 37.3 Å². The predicted molar refractivity (Wildman–Crippen MR) is 93.1 cm³/mol. The molecular formula is C19H20N4O2. The van der Waals surface area contributed by atoms with Crippen molar-refractivity contribution in [1.29, 1.82) is 0 Å². The number of aliphatic imine (C=N–C) groups is 1. The summed E-state index contributed by atoms with van der Waals surface area (Å²) in [6, 6.07) is 6.49. The first-order valence-electron chi connectivity index (χ1n) is 8.68. The van der Waals surface area contributed by atoms with Crippen LogP contribution in [0.25, 0.3) is 11.1 Å². The van der Waals surface area contributed by atoms with Crippen LogP contribution in [0.4, 0.5) is 0 Å². The van der Waals surface area contributed by atoms with Gasteiger partial charge in [0.25, 0.3) is 6.02 Å². The normalized spacial score (nSPS) is 32.5. The minimum atomic E-state index is -0.464. The van der Waals surface area contributed by atoms with Gasteiger partial charge in [0.2, 0.25) is 0 Å². The zero-order chi connectivity index (χ0) is 17.1. The summed E-state index contributed by atoms with van der Waals surface area (Å²) in [5.74, 6) is 1.14. The number of rotatable bonds is 1. The highest BCUT2D eigenvalue weighted by Crippen LogP contribution is 2.58. The van der Waals surface area contributed by atoms with E-state index in [9.17, 15) is 0 Å². The van der Waals surface area contributed by atoms with Gasteiger partial charge in [-0.1, -0.05) is 6.07 Å². The smallest absolute Gasteiger partial charge is 0.283 e. The van der Waals surface area contributed by atoms with Crippen molar-refractivity contribution in [3.63, 3.8) is 0 Å². The van der Waals surface area contributed by atoms with E-state index in [0.29, 0.717) is 6.61 Å². The second-order valence-corrected chi connectivity index (χ2v) is 7.36. The molecule has 2 aliphatic heterocycles. The first-order valence-corrected chi connectivity index (χ1v) is 8.68. The van der Waals surface area contributed by atoms with Gasteiger partial charge >= 0.3 is 0 Å². The van der Waals surface area contributed by atoms with Gasteiger partial charge in [-0.15, -0.1) is 0 Å². The molecule has 1 aliphatic carbocycles. The van der Waals surface area contributed by atoms with Gasteiger partial charge in [-0.05, 0) is 43.9 Å². The second kappa shape index (κ2) is 4.94. The van der Waals surface area contributed by atoms with Crippen molar-refractivity contribution >= 4 is 6.02 Å². The standard InChI is InChI=1S/C19H20N4O2/c1-18-6-2-3-16(18)19(10-24-17(20)23-19)14-7-12(4-5-15(14)25-18)13-8-21-11-22-9-13/h4-5,7-9,11,16H,2-3,6,10H2,1H3,(H2,20,23)/t16-,18+,19-/m1/s1. The lowest BCUT2D eigenvalue weighted by Crippen LogP contribution is -2.52. The molecule has 1 fully saturated rings. The molecule has 2 aromatic rings. The van der Waals surface area contributed by atoms with Crippen LogP contribution < -0.4 is 10.5 Å². The lowest BCUT2D eigenvalue weighted by Gasteiger charge is -2.47.